The number of rotatable bonds is 1. The summed E-state index contributed by atoms with van der Waals surface area (Å²) in [5, 5.41) is 13.4. The molecule has 2 heterocycles. The van der Waals surface area contributed by atoms with Gasteiger partial charge in [0.25, 0.3) is 0 Å². The molecule has 1 aromatic carbocycles. The summed E-state index contributed by atoms with van der Waals surface area (Å²) in [6, 6.07) is 7.91. The van der Waals surface area contributed by atoms with Crippen molar-refractivity contribution in [2.45, 2.75) is 0 Å². The van der Waals surface area contributed by atoms with Gasteiger partial charge in [-0.05, 0) is 28.7 Å². The predicted molar refractivity (Wildman–Crippen MR) is 69.4 cm³/mol. The van der Waals surface area contributed by atoms with Crippen LogP contribution >= 0.6 is 22.6 Å². The maximum absolute atomic E-state index is 4.28. The highest BCUT2D eigenvalue weighted by Crippen LogP contribution is 2.18. The standard InChI is InChI=1S/C11H7IN4/c12-8-5-14-16(7-8)11-6-13-15-10-4-2-1-3-9(10)11/h1-7H. The number of nitrogens with zero attached hydrogens (tertiary/aromatic N) is 4. The quantitative estimate of drug-likeness (QED) is 0.646. The Hall–Kier alpha value is -1.50. The van der Waals surface area contributed by atoms with Gasteiger partial charge >= 0.3 is 0 Å². The second-order valence-corrected chi connectivity index (χ2v) is 4.60. The largest absolute Gasteiger partial charge is 0.238 e. The highest BCUT2D eigenvalue weighted by Gasteiger charge is 2.05. The Morgan fingerprint density at radius 3 is 2.81 bits per heavy atom. The molecule has 0 radical (unpaired) electrons. The molecule has 4 nitrogen and oxygen atoms in total. The second-order valence-electron chi connectivity index (χ2n) is 3.35. The van der Waals surface area contributed by atoms with E-state index in [0.29, 0.717) is 0 Å². The smallest absolute Gasteiger partial charge is 0.0951 e. The molecule has 0 saturated carbocycles. The summed E-state index contributed by atoms with van der Waals surface area (Å²) >= 11 is 2.23. The molecule has 3 aromatic rings. The van der Waals surface area contributed by atoms with Crippen molar-refractivity contribution >= 4 is 33.5 Å². The molecule has 0 N–H and O–H groups in total. The lowest BCUT2D eigenvalue weighted by Crippen LogP contribution is -1.97. The van der Waals surface area contributed by atoms with E-state index in [0.717, 1.165) is 20.2 Å². The third kappa shape index (κ3) is 1.57. The SMILES string of the molecule is Ic1cnn(-c2cnnc3ccccc23)c1. The van der Waals surface area contributed by atoms with Gasteiger partial charge < -0.3 is 0 Å². The molecule has 0 aliphatic rings. The van der Waals surface area contributed by atoms with Gasteiger partial charge in [0.1, 0.15) is 0 Å². The van der Waals surface area contributed by atoms with Crippen molar-refractivity contribution in [2.75, 3.05) is 0 Å². The molecule has 78 valence electrons. The van der Waals surface area contributed by atoms with E-state index in [-0.39, 0.29) is 0 Å². The highest BCUT2D eigenvalue weighted by molar-refractivity contribution is 14.1. The van der Waals surface area contributed by atoms with Crippen LogP contribution in [0.5, 0.6) is 0 Å². The number of benzene rings is 1. The Labute approximate surface area is 105 Å². The first-order valence-electron chi connectivity index (χ1n) is 4.75. The van der Waals surface area contributed by atoms with Crippen molar-refractivity contribution in [2.24, 2.45) is 0 Å². The fraction of sp³-hybridized carbons (Fsp3) is 0. The number of hydrogen-bond acceptors (Lipinski definition) is 3. The van der Waals surface area contributed by atoms with Gasteiger partial charge in [0, 0.05) is 11.6 Å². The van der Waals surface area contributed by atoms with Crippen LogP contribution in [0.3, 0.4) is 0 Å². The highest BCUT2D eigenvalue weighted by atomic mass is 127. The summed E-state index contributed by atoms with van der Waals surface area (Å²) in [6.07, 6.45) is 5.51. The van der Waals surface area contributed by atoms with E-state index in [4.69, 9.17) is 0 Å². The lowest BCUT2D eigenvalue weighted by atomic mass is 10.2. The molecule has 0 bridgehead atoms. The van der Waals surface area contributed by atoms with Crippen molar-refractivity contribution in [3.8, 4) is 5.69 Å². The molecule has 0 unspecified atom stereocenters. The van der Waals surface area contributed by atoms with Crippen LogP contribution in [-0.2, 0) is 0 Å². The van der Waals surface area contributed by atoms with E-state index < -0.39 is 0 Å². The number of aromatic nitrogens is 4. The van der Waals surface area contributed by atoms with E-state index in [1.165, 1.54) is 0 Å². The molecule has 0 aliphatic carbocycles. The van der Waals surface area contributed by atoms with E-state index in [9.17, 15) is 0 Å². The Bertz CT molecular complexity index is 642. The van der Waals surface area contributed by atoms with Crippen molar-refractivity contribution < 1.29 is 0 Å². The summed E-state index contributed by atoms with van der Waals surface area (Å²) in [5.74, 6) is 0. The van der Waals surface area contributed by atoms with Crippen LogP contribution in [0, 0.1) is 3.57 Å². The van der Waals surface area contributed by atoms with Gasteiger partial charge in [-0.25, -0.2) is 4.68 Å². The van der Waals surface area contributed by atoms with Gasteiger partial charge in [-0.15, -0.1) is 0 Å². The van der Waals surface area contributed by atoms with Gasteiger partial charge in [0.2, 0.25) is 0 Å². The third-order valence-electron chi connectivity index (χ3n) is 2.32. The Morgan fingerprint density at radius 1 is 1.12 bits per heavy atom. The average Bonchev–Trinajstić information content (AvgIpc) is 2.75. The minimum absolute atomic E-state index is 0.880. The van der Waals surface area contributed by atoms with Gasteiger partial charge in [-0.1, -0.05) is 18.2 Å². The van der Waals surface area contributed by atoms with E-state index in [2.05, 4.69) is 37.9 Å². The fourth-order valence-corrected chi connectivity index (χ4v) is 2.00. The maximum Gasteiger partial charge on any atom is 0.0951 e. The zero-order chi connectivity index (χ0) is 11.0. The predicted octanol–water partition coefficient (Wildman–Crippen LogP) is 2.42. The van der Waals surface area contributed by atoms with Crippen molar-refractivity contribution in [1.82, 2.24) is 20.0 Å². The zero-order valence-electron chi connectivity index (χ0n) is 8.21. The van der Waals surface area contributed by atoms with E-state index in [1.54, 1.807) is 6.20 Å². The van der Waals surface area contributed by atoms with Gasteiger partial charge in [-0.3, -0.25) is 0 Å². The van der Waals surface area contributed by atoms with Crippen LogP contribution in [0.15, 0.2) is 42.9 Å². The molecular formula is C11H7IN4. The first kappa shape index (κ1) is 9.71. The number of fused-ring (bicyclic) bond motifs is 1. The van der Waals surface area contributed by atoms with Crippen LogP contribution in [-0.4, -0.2) is 20.0 Å². The third-order valence-corrected chi connectivity index (χ3v) is 2.88. The topological polar surface area (TPSA) is 43.6 Å². The summed E-state index contributed by atoms with van der Waals surface area (Å²) in [4.78, 5) is 0. The molecule has 0 saturated heterocycles. The zero-order valence-corrected chi connectivity index (χ0v) is 10.4. The number of halogens is 1. The fourth-order valence-electron chi connectivity index (χ4n) is 1.61. The summed E-state index contributed by atoms with van der Waals surface area (Å²) in [6.45, 7) is 0. The average molecular weight is 322 g/mol. The minimum Gasteiger partial charge on any atom is -0.238 e. The molecule has 0 amide bonds. The lowest BCUT2D eigenvalue weighted by molar-refractivity contribution is 0.872. The Kier molecular flexibility index (Phi) is 2.32. The summed E-state index contributed by atoms with van der Waals surface area (Å²) in [5.41, 5.74) is 1.83. The van der Waals surface area contributed by atoms with Crippen molar-refractivity contribution in [1.29, 1.82) is 0 Å². The maximum atomic E-state index is 4.28. The molecular weight excluding hydrogens is 315 g/mol. The summed E-state index contributed by atoms with van der Waals surface area (Å²) in [7, 11) is 0. The van der Waals surface area contributed by atoms with Crippen LogP contribution in [0.25, 0.3) is 16.6 Å². The molecule has 2 aromatic heterocycles. The van der Waals surface area contributed by atoms with Crippen molar-refractivity contribution in [3.05, 3.63) is 46.4 Å². The Morgan fingerprint density at radius 2 is 2.00 bits per heavy atom. The second kappa shape index (κ2) is 3.82. The van der Waals surface area contributed by atoms with E-state index >= 15 is 0 Å². The normalized spacial score (nSPS) is 10.8. The first-order chi connectivity index (χ1) is 7.84. The van der Waals surface area contributed by atoms with Crippen LogP contribution in [0.1, 0.15) is 0 Å². The minimum atomic E-state index is 0.880. The molecule has 3 rings (SSSR count). The molecule has 0 atom stereocenters. The first-order valence-corrected chi connectivity index (χ1v) is 5.83. The lowest BCUT2D eigenvalue weighted by Gasteiger charge is -2.03. The molecule has 0 fully saturated rings. The van der Waals surface area contributed by atoms with Gasteiger partial charge in [0.05, 0.1) is 27.2 Å². The summed E-state index contributed by atoms with van der Waals surface area (Å²) < 4.78 is 2.91. The van der Waals surface area contributed by atoms with Gasteiger partial charge in [0.15, 0.2) is 0 Å². The van der Waals surface area contributed by atoms with Crippen LogP contribution < -0.4 is 0 Å². The van der Waals surface area contributed by atoms with Crippen molar-refractivity contribution in [3.63, 3.8) is 0 Å². The van der Waals surface area contributed by atoms with Crippen LogP contribution in [0.4, 0.5) is 0 Å². The molecule has 0 aliphatic heterocycles. The van der Waals surface area contributed by atoms with E-state index in [1.807, 2.05) is 41.3 Å². The molecule has 0 spiro atoms. The van der Waals surface area contributed by atoms with Gasteiger partial charge in [-0.2, -0.15) is 15.3 Å². The molecule has 16 heavy (non-hydrogen) atoms. The Balaban J connectivity index is 2.31. The van der Waals surface area contributed by atoms with Crippen LogP contribution in [0.2, 0.25) is 0 Å². The monoisotopic (exact) mass is 322 g/mol. The number of hydrogen-bond donors (Lipinski definition) is 0. The molecule has 5 heteroatoms.